The summed E-state index contributed by atoms with van der Waals surface area (Å²) in [5.74, 6) is 1.76. The smallest absolute Gasteiger partial charge is 0.243 e. The van der Waals surface area contributed by atoms with Gasteiger partial charge in [0.05, 0.1) is 17.9 Å². The fraction of sp³-hybridized carbons (Fsp3) is 0.682. The summed E-state index contributed by atoms with van der Waals surface area (Å²) in [7, 11) is -1.98. The van der Waals surface area contributed by atoms with Crippen molar-refractivity contribution >= 4 is 15.9 Å². The maximum Gasteiger partial charge on any atom is 0.243 e. The molecule has 0 aliphatic carbocycles. The van der Waals surface area contributed by atoms with Gasteiger partial charge in [0.15, 0.2) is 0 Å². The van der Waals surface area contributed by atoms with Gasteiger partial charge in [-0.15, -0.1) is 0 Å². The third-order valence-electron chi connectivity index (χ3n) is 7.15. The summed E-state index contributed by atoms with van der Waals surface area (Å²) in [5.41, 5.74) is -0.264. The van der Waals surface area contributed by atoms with Gasteiger partial charge in [0, 0.05) is 37.6 Å². The Labute approximate surface area is 179 Å². The molecule has 1 aromatic rings. The zero-order chi connectivity index (χ0) is 21.5. The van der Waals surface area contributed by atoms with Crippen LogP contribution in [0.3, 0.4) is 0 Å². The minimum atomic E-state index is -3.54. The topological polar surface area (TPSA) is 79.0 Å². The van der Waals surface area contributed by atoms with E-state index in [4.69, 9.17) is 4.74 Å². The van der Waals surface area contributed by atoms with Crippen molar-refractivity contribution < 1.29 is 17.9 Å². The van der Waals surface area contributed by atoms with Gasteiger partial charge in [-0.3, -0.25) is 4.79 Å². The van der Waals surface area contributed by atoms with E-state index in [1.807, 2.05) is 0 Å². The molecule has 0 bridgehead atoms. The van der Waals surface area contributed by atoms with Crippen LogP contribution in [0.2, 0.25) is 0 Å². The Morgan fingerprint density at radius 2 is 1.83 bits per heavy atom. The maximum absolute atomic E-state index is 13.1. The molecule has 3 aliphatic rings. The molecule has 2 atom stereocenters. The molecule has 3 heterocycles. The van der Waals surface area contributed by atoms with E-state index in [0.717, 1.165) is 26.1 Å². The van der Waals surface area contributed by atoms with E-state index < -0.39 is 10.0 Å². The predicted octanol–water partition coefficient (Wildman–Crippen LogP) is 1.94. The molecule has 1 aromatic carbocycles. The van der Waals surface area contributed by atoms with Crippen molar-refractivity contribution in [3.63, 3.8) is 0 Å². The molecule has 30 heavy (non-hydrogen) atoms. The lowest BCUT2D eigenvalue weighted by Crippen LogP contribution is -2.56. The van der Waals surface area contributed by atoms with Crippen molar-refractivity contribution in [3.8, 4) is 5.75 Å². The van der Waals surface area contributed by atoms with Crippen molar-refractivity contribution in [3.05, 3.63) is 24.3 Å². The second kappa shape index (κ2) is 8.13. The molecule has 0 saturated carbocycles. The molecule has 3 aliphatic heterocycles. The van der Waals surface area contributed by atoms with E-state index in [1.165, 1.54) is 0 Å². The Balaban J connectivity index is 1.43. The molecule has 1 spiro atoms. The summed E-state index contributed by atoms with van der Waals surface area (Å²) < 4.78 is 32.8. The highest BCUT2D eigenvalue weighted by atomic mass is 32.2. The van der Waals surface area contributed by atoms with Crippen LogP contribution in [0.15, 0.2) is 29.2 Å². The van der Waals surface area contributed by atoms with E-state index in [-0.39, 0.29) is 28.2 Å². The monoisotopic (exact) mass is 435 g/mol. The molecule has 0 aromatic heterocycles. The highest BCUT2D eigenvalue weighted by molar-refractivity contribution is 7.89. The lowest BCUT2D eigenvalue weighted by Gasteiger charge is -2.42. The van der Waals surface area contributed by atoms with Gasteiger partial charge < -0.3 is 15.0 Å². The number of likely N-dealkylation sites (tertiary alicyclic amines) is 1. The number of rotatable bonds is 6. The van der Waals surface area contributed by atoms with Gasteiger partial charge in [-0.05, 0) is 56.0 Å². The number of sulfonamides is 1. The van der Waals surface area contributed by atoms with Crippen molar-refractivity contribution in [1.29, 1.82) is 0 Å². The van der Waals surface area contributed by atoms with Gasteiger partial charge in [0.25, 0.3) is 0 Å². The quantitative estimate of drug-likeness (QED) is 0.739. The van der Waals surface area contributed by atoms with E-state index >= 15 is 0 Å². The van der Waals surface area contributed by atoms with Crippen LogP contribution in [0.25, 0.3) is 0 Å². The molecule has 166 valence electrons. The van der Waals surface area contributed by atoms with E-state index in [1.54, 1.807) is 35.7 Å². The number of carbonyl (C=O) groups excluding carboxylic acids is 1. The molecular formula is C22H33N3O4S. The summed E-state index contributed by atoms with van der Waals surface area (Å²) in [4.78, 5) is 15.4. The molecular weight excluding hydrogens is 402 g/mol. The van der Waals surface area contributed by atoms with Gasteiger partial charge in [-0.25, -0.2) is 8.42 Å². The average Bonchev–Trinajstić information content (AvgIpc) is 3.27. The van der Waals surface area contributed by atoms with Crippen LogP contribution in [-0.2, 0) is 14.8 Å². The second-order valence-electron chi connectivity index (χ2n) is 9.38. The van der Waals surface area contributed by atoms with Crippen molar-refractivity contribution in [2.75, 3.05) is 39.8 Å². The first kappa shape index (κ1) is 21.6. The third kappa shape index (κ3) is 3.85. The van der Waals surface area contributed by atoms with Crippen LogP contribution in [-0.4, -0.2) is 68.9 Å². The summed E-state index contributed by atoms with van der Waals surface area (Å²) >= 11 is 0. The van der Waals surface area contributed by atoms with Gasteiger partial charge in [-0.1, -0.05) is 13.8 Å². The Kier molecular flexibility index (Phi) is 5.85. The zero-order valence-corrected chi connectivity index (χ0v) is 19.0. The van der Waals surface area contributed by atoms with E-state index in [2.05, 4.69) is 24.1 Å². The van der Waals surface area contributed by atoms with Crippen LogP contribution in [0.1, 0.15) is 33.1 Å². The first-order chi connectivity index (χ1) is 14.2. The summed E-state index contributed by atoms with van der Waals surface area (Å²) in [6.45, 7) is 8.12. The minimum absolute atomic E-state index is 0.0434. The van der Waals surface area contributed by atoms with Crippen LogP contribution in [0.5, 0.6) is 5.75 Å². The number of hydrogen-bond acceptors (Lipinski definition) is 5. The molecule has 0 radical (unpaired) electrons. The SMILES string of the molecule is COc1ccc(S(=O)(=O)N2CCC3(CC2)NC(=O)[C@@H]2CN(CCC(C)C)C[C@@H]23)cc1. The number of piperidine rings is 1. The predicted molar refractivity (Wildman–Crippen MR) is 115 cm³/mol. The molecule has 7 nitrogen and oxygen atoms in total. The normalized spacial score (nSPS) is 26.9. The Bertz CT molecular complexity index is 876. The van der Waals surface area contributed by atoms with Crippen molar-refractivity contribution in [2.45, 2.75) is 43.5 Å². The molecule has 3 fully saturated rings. The third-order valence-corrected chi connectivity index (χ3v) is 9.06. The fourth-order valence-electron chi connectivity index (χ4n) is 5.28. The molecule has 8 heteroatoms. The van der Waals surface area contributed by atoms with E-state index in [9.17, 15) is 13.2 Å². The highest BCUT2D eigenvalue weighted by Crippen LogP contribution is 2.44. The molecule has 1 N–H and O–H groups in total. The molecule has 3 saturated heterocycles. The average molecular weight is 436 g/mol. The number of methoxy groups -OCH3 is 1. The van der Waals surface area contributed by atoms with Gasteiger partial charge in [-0.2, -0.15) is 4.31 Å². The van der Waals surface area contributed by atoms with E-state index in [0.29, 0.717) is 37.6 Å². The number of carbonyl (C=O) groups is 1. The van der Waals surface area contributed by atoms with Gasteiger partial charge in [0.2, 0.25) is 15.9 Å². The lowest BCUT2D eigenvalue weighted by atomic mass is 9.76. The number of nitrogens with one attached hydrogen (secondary N) is 1. The number of hydrogen-bond donors (Lipinski definition) is 1. The standard InChI is InChI=1S/C22H33N3O4S/c1-16(2)8-11-24-14-19-20(15-24)22(23-21(19)26)9-12-25(13-10-22)30(27,28)18-6-4-17(29-3)5-7-18/h4-7,16,19-20H,8-15H2,1-3H3,(H,23,26)/t19-,20+/m1/s1. The largest absolute Gasteiger partial charge is 0.497 e. The highest BCUT2D eigenvalue weighted by Gasteiger charge is 2.57. The first-order valence-corrected chi connectivity index (χ1v) is 12.4. The Morgan fingerprint density at radius 1 is 1.17 bits per heavy atom. The summed E-state index contributed by atoms with van der Waals surface area (Å²) in [5, 5.41) is 3.28. The molecule has 0 unspecified atom stereocenters. The maximum atomic E-state index is 13.1. The molecule has 4 rings (SSSR count). The summed E-state index contributed by atoms with van der Waals surface area (Å²) in [6, 6.07) is 6.53. The first-order valence-electron chi connectivity index (χ1n) is 10.9. The van der Waals surface area contributed by atoms with Crippen LogP contribution in [0.4, 0.5) is 0 Å². The van der Waals surface area contributed by atoms with Gasteiger partial charge in [0.1, 0.15) is 5.75 Å². The van der Waals surface area contributed by atoms with Crippen LogP contribution in [0, 0.1) is 17.8 Å². The lowest BCUT2D eigenvalue weighted by molar-refractivity contribution is -0.123. The Morgan fingerprint density at radius 3 is 2.43 bits per heavy atom. The number of nitrogens with zero attached hydrogens (tertiary/aromatic N) is 2. The number of ether oxygens (including phenoxy) is 1. The number of fused-ring (bicyclic) bond motifs is 2. The number of benzene rings is 1. The number of amides is 1. The van der Waals surface area contributed by atoms with Crippen molar-refractivity contribution in [2.24, 2.45) is 17.8 Å². The Hall–Kier alpha value is -1.64. The zero-order valence-electron chi connectivity index (χ0n) is 18.1. The summed E-state index contributed by atoms with van der Waals surface area (Å²) in [6.07, 6.45) is 2.49. The second-order valence-corrected chi connectivity index (χ2v) is 11.3. The van der Waals surface area contributed by atoms with Crippen LogP contribution < -0.4 is 10.1 Å². The van der Waals surface area contributed by atoms with Gasteiger partial charge >= 0.3 is 0 Å². The van der Waals surface area contributed by atoms with Crippen molar-refractivity contribution in [1.82, 2.24) is 14.5 Å². The fourth-order valence-corrected chi connectivity index (χ4v) is 6.72. The minimum Gasteiger partial charge on any atom is -0.497 e. The van der Waals surface area contributed by atoms with Crippen LogP contribution >= 0.6 is 0 Å². The molecule has 1 amide bonds.